The first-order valence-corrected chi connectivity index (χ1v) is 8.81. The SMILES string of the molecule is CC(F)(F)C(F)(F)C(F)(F)OCCOC(=O)C12CC3CC(CC(C3)C1)C2. The van der Waals surface area contributed by atoms with E-state index in [0.717, 1.165) is 19.3 Å². The van der Waals surface area contributed by atoms with Crippen LogP contribution in [0.1, 0.15) is 45.4 Å². The van der Waals surface area contributed by atoms with Gasteiger partial charge in [0.25, 0.3) is 0 Å². The fourth-order valence-corrected chi connectivity index (χ4v) is 5.16. The molecule has 0 heterocycles. The molecule has 4 aliphatic carbocycles. The second kappa shape index (κ2) is 6.27. The molecule has 0 aromatic heterocycles. The Labute approximate surface area is 147 Å². The number of hydrogen-bond donors (Lipinski definition) is 0. The number of esters is 1. The highest BCUT2D eigenvalue weighted by Crippen LogP contribution is 2.60. The number of carbonyl (C=O) groups excluding carboxylic acids is 1. The minimum Gasteiger partial charge on any atom is -0.463 e. The fraction of sp³-hybridized carbons (Fsp3) is 0.941. The molecule has 0 aromatic rings. The molecule has 0 atom stereocenters. The zero-order valence-electron chi connectivity index (χ0n) is 14.4. The van der Waals surface area contributed by atoms with Crippen molar-refractivity contribution in [3.63, 3.8) is 0 Å². The molecule has 0 spiro atoms. The molecule has 0 aliphatic heterocycles. The van der Waals surface area contributed by atoms with Gasteiger partial charge in [-0.15, -0.1) is 0 Å². The quantitative estimate of drug-likeness (QED) is 0.362. The van der Waals surface area contributed by atoms with E-state index in [2.05, 4.69) is 4.74 Å². The first-order chi connectivity index (χ1) is 11.9. The third-order valence-corrected chi connectivity index (χ3v) is 5.99. The minimum atomic E-state index is -5.66. The lowest BCUT2D eigenvalue weighted by Crippen LogP contribution is -2.54. The Kier molecular flexibility index (Phi) is 4.77. The molecule has 4 rings (SSSR count). The first-order valence-electron chi connectivity index (χ1n) is 8.81. The maximum atomic E-state index is 13.2. The Morgan fingerprint density at radius 1 is 0.923 bits per heavy atom. The summed E-state index contributed by atoms with van der Waals surface area (Å²) >= 11 is 0. The molecule has 4 fully saturated rings. The first kappa shape index (κ1) is 19.8. The summed E-state index contributed by atoms with van der Waals surface area (Å²) in [7, 11) is 0. The third-order valence-electron chi connectivity index (χ3n) is 5.99. The predicted molar refractivity (Wildman–Crippen MR) is 78.0 cm³/mol. The number of rotatable bonds is 7. The van der Waals surface area contributed by atoms with Gasteiger partial charge in [-0.3, -0.25) is 4.79 Å². The van der Waals surface area contributed by atoms with Crippen LogP contribution in [0, 0.1) is 23.2 Å². The Morgan fingerprint density at radius 2 is 1.38 bits per heavy atom. The molecule has 0 radical (unpaired) electrons. The maximum Gasteiger partial charge on any atom is 0.425 e. The molecule has 0 saturated heterocycles. The van der Waals surface area contributed by atoms with E-state index in [-0.39, 0.29) is 6.92 Å². The lowest BCUT2D eigenvalue weighted by Gasteiger charge is -2.55. The van der Waals surface area contributed by atoms with Crippen LogP contribution in [0.5, 0.6) is 0 Å². The van der Waals surface area contributed by atoms with Crippen molar-refractivity contribution in [3.8, 4) is 0 Å². The van der Waals surface area contributed by atoms with Gasteiger partial charge in [-0.1, -0.05) is 0 Å². The van der Waals surface area contributed by atoms with Crippen molar-refractivity contribution >= 4 is 5.97 Å². The Bertz CT molecular complexity index is 522. The summed E-state index contributed by atoms with van der Waals surface area (Å²) in [6.45, 7) is -2.07. The summed E-state index contributed by atoms with van der Waals surface area (Å²) in [6, 6.07) is 0. The highest BCUT2D eigenvalue weighted by atomic mass is 19.3. The van der Waals surface area contributed by atoms with E-state index in [1.807, 2.05) is 0 Å². The predicted octanol–water partition coefficient (Wildman–Crippen LogP) is 4.65. The van der Waals surface area contributed by atoms with Crippen molar-refractivity contribution in [1.82, 2.24) is 0 Å². The molecular weight excluding hydrogens is 366 g/mol. The van der Waals surface area contributed by atoms with Gasteiger partial charge in [-0.25, -0.2) is 0 Å². The van der Waals surface area contributed by atoms with Crippen LogP contribution in [-0.4, -0.2) is 37.1 Å². The van der Waals surface area contributed by atoms with Gasteiger partial charge in [0.2, 0.25) is 0 Å². The van der Waals surface area contributed by atoms with E-state index in [0.29, 0.717) is 37.0 Å². The molecule has 4 bridgehead atoms. The summed E-state index contributed by atoms with van der Waals surface area (Å²) in [6.07, 6.45) is 0.0454. The summed E-state index contributed by atoms with van der Waals surface area (Å²) in [5, 5.41) is 0. The highest BCUT2D eigenvalue weighted by Gasteiger charge is 2.70. The minimum absolute atomic E-state index is 0.308. The number of alkyl halides is 6. The third kappa shape index (κ3) is 3.31. The monoisotopic (exact) mass is 388 g/mol. The van der Waals surface area contributed by atoms with E-state index >= 15 is 0 Å². The van der Waals surface area contributed by atoms with E-state index < -0.39 is 42.6 Å². The zero-order valence-corrected chi connectivity index (χ0v) is 14.4. The molecule has 3 nitrogen and oxygen atoms in total. The van der Waals surface area contributed by atoms with E-state index in [9.17, 15) is 31.1 Å². The average Bonchev–Trinajstić information content (AvgIpc) is 2.48. The Morgan fingerprint density at radius 3 is 1.81 bits per heavy atom. The van der Waals surface area contributed by atoms with Crippen LogP contribution in [-0.2, 0) is 14.3 Å². The van der Waals surface area contributed by atoms with Gasteiger partial charge < -0.3 is 9.47 Å². The molecule has 9 heteroatoms. The molecule has 4 aliphatic rings. The normalized spacial score (nSPS) is 34.2. The van der Waals surface area contributed by atoms with Crippen molar-refractivity contribution in [2.24, 2.45) is 23.2 Å². The summed E-state index contributed by atoms with van der Waals surface area (Å²) in [4.78, 5) is 12.4. The van der Waals surface area contributed by atoms with E-state index in [1.165, 1.54) is 0 Å². The highest BCUT2D eigenvalue weighted by molar-refractivity contribution is 5.77. The Balaban J connectivity index is 1.50. The van der Waals surface area contributed by atoms with Gasteiger partial charge in [0.05, 0.1) is 12.0 Å². The zero-order chi connectivity index (χ0) is 19.4. The van der Waals surface area contributed by atoms with E-state index in [1.54, 1.807) is 0 Å². The second-order valence-corrected chi connectivity index (χ2v) is 8.16. The maximum absolute atomic E-state index is 13.2. The lowest BCUT2D eigenvalue weighted by molar-refractivity contribution is -0.395. The van der Waals surface area contributed by atoms with Crippen molar-refractivity contribution in [3.05, 3.63) is 0 Å². The molecule has 0 amide bonds. The topological polar surface area (TPSA) is 35.5 Å². The van der Waals surface area contributed by atoms with Crippen LogP contribution >= 0.6 is 0 Å². The summed E-state index contributed by atoms with van der Waals surface area (Å²) in [5.41, 5.74) is -0.613. The molecule has 150 valence electrons. The summed E-state index contributed by atoms with van der Waals surface area (Å²) in [5.74, 6) is -9.72. The summed E-state index contributed by atoms with van der Waals surface area (Å²) < 4.78 is 86.6. The molecule has 26 heavy (non-hydrogen) atoms. The molecular formula is C17H22F6O3. The van der Waals surface area contributed by atoms with Crippen LogP contribution in [0.25, 0.3) is 0 Å². The van der Waals surface area contributed by atoms with Crippen LogP contribution < -0.4 is 0 Å². The van der Waals surface area contributed by atoms with Crippen LogP contribution in [0.4, 0.5) is 26.3 Å². The number of carbonyl (C=O) groups is 1. The number of halogens is 6. The second-order valence-electron chi connectivity index (χ2n) is 8.16. The largest absolute Gasteiger partial charge is 0.463 e. The van der Waals surface area contributed by atoms with Gasteiger partial charge in [0.15, 0.2) is 0 Å². The lowest BCUT2D eigenvalue weighted by atomic mass is 9.49. The number of hydrogen-bond acceptors (Lipinski definition) is 3. The molecule has 0 unspecified atom stereocenters. The van der Waals surface area contributed by atoms with Crippen molar-refractivity contribution in [2.75, 3.05) is 13.2 Å². The molecule has 4 saturated carbocycles. The van der Waals surface area contributed by atoms with Gasteiger partial charge in [-0.05, 0) is 56.3 Å². The average molecular weight is 388 g/mol. The van der Waals surface area contributed by atoms with Crippen LogP contribution in [0.15, 0.2) is 0 Å². The van der Waals surface area contributed by atoms with Gasteiger partial charge in [0.1, 0.15) is 6.61 Å². The van der Waals surface area contributed by atoms with Crippen LogP contribution in [0.2, 0.25) is 0 Å². The van der Waals surface area contributed by atoms with Gasteiger partial charge in [0, 0.05) is 6.92 Å². The van der Waals surface area contributed by atoms with Crippen LogP contribution in [0.3, 0.4) is 0 Å². The fourth-order valence-electron chi connectivity index (χ4n) is 5.16. The number of ether oxygens (including phenoxy) is 2. The Hall–Kier alpha value is -0.990. The smallest absolute Gasteiger partial charge is 0.425 e. The molecule has 0 N–H and O–H groups in total. The van der Waals surface area contributed by atoms with Crippen molar-refractivity contribution < 1.29 is 40.6 Å². The standard InChI is InChI=1S/C17H22F6O3/c1-14(18,19)16(20,21)17(22,23)26-3-2-25-13(24)15-7-10-4-11(8-15)6-12(5-10)9-15/h10-12H,2-9H2,1H3. The molecule has 0 aromatic carbocycles. The van der Waals surface area contributed by atoms with Gasteiger partial charge >= 0.3 is 23.9 Å². The van der Waals surface area contributed by atoms with Crippen molar-refractivity contribution in [1.29, 1.82) is 0 Å². The van der Waals surface area contributed by atoms with Gasteiger partial charge in [-0.2, -0.15) is 26.3 Å². The van der Waals surface area contributed by atoms with Crippen molar-refractivity contribution in [2.45, 2.75) is 63.4 Å². The van der Waals surface area contributed by atoms with E-state index in [4.69, 9.17) is 4.74 Å².